The van der Waals surface area contributed by atoms with Crippen LogP contribution in [0.1, 0.15) is 28.8 Å². The van der Waals surface area contributed by atoms with Crippen LogP contribution in [0.15, 0.2) is 24.3 Å². The lowest BCUT2D eigenvalue weighted by Crippen LogP contribution is -2.46. The van der Waals surface area contributed by atoms with Crippen LogP contribution in [0, 0.1) is 0 Å². The Morgan fingerprint density at radius 3 is 2.62 bits per heavy atom. The molecule has 0 spiro atoms. The van der Waals surface area contributed by atoms with Crippen LogP contribution in [0.3, 0.4) is 0 Å². The van der Waals surface area contributed by atoms with Gasteiger partial charge in [0, 0.05) is 37.3 Å². The lowest BCUT2D eigenvalue weighted by atomic mass is 9.98. The number of carboxylic acids is 1. The van der Waals surface area contributed by atoms with Crippen LogP contribution in [0.5, 0.6) is 0 Å². The zero-order valence-electron chi connectivity index (χ0n) is 13.5. The molecule has 3 rings (SSSR count). The molecule has 7 heteroatoms. The van der Waals surface area contributed by atoms with Crippen molar-refractivity contribution in [1.29, 1.82) is 0 Å². The Hall–Kier alpha value is -1.96. The third-order valence-corrected chi connectivity index (χ3v) is 4.64. The van der Waals surface area contributed by atoms with Gasteiger partial charge in [0.15, 0.2) is 5.72 Å². The van der Waals surface area contributed by atoms with E-state index in [-0.39, 0.29) is 5.91 Å². The molecule has 0 aromatic heterocycles. The normalized spacial score (nSPS) is 24.2. The van der Waals surface area contributed by atoms with E-state index in [9.17, 15) is 19.8 Å². The molecule has 1 atom stereocenters. The highest BCUT2D eigenvalue weighted by atomic mass is 16.5. The van der Waals surface area contributed by atoms with Crippen LogP contribution >= 0.6 is 0 Å². The van der Waals surface area contributed by atoms with E-state index in [2.05, 4.69) is 4.90 Å². The number of ether oxygens (including phenoxy) is 1. The number of aliphatic carboxylic acids is 1. The van der Waals surface area contributed by atoms with Gasteiger partial charge in [-0.3, -0.25) is 14.5 Å². The van der Waals surface area contributed by atoms with Crippen LogP contribution in [-0.4, -0.2) is 71.3 Å². The number of morpholine rings is 1. The van der Waals surface area contributed by atoms with Crippen molar-refractivity contribution in [3.8, 4) is 0 Å². The lowest BCUT2D eigenvalue weighted by molar-refractivity contribution is -0.152. The number of nitrogens with zero attached hydrogens (tertiary/aromatic N) is 2. The number of fused-ring (bicyclic) bond motifs is 1. The molecule has 2 N–H and O–H groups in total. The molecule has 0 bridgehead atoms. The molecule has 1 unspecified atom stereocenters. The first-order valence-electron chi connectivity index (χ1n) is 8.18. The first-order chi connectivity index (χ1) is 11.5. The second-order valence-corrected chi connectivity index (χ2v) is 6.20. The van der Waals surface area contributed by atoms with E-state index in [1.807, 2.05) is 0 Å². The van der Waals surface area contributed by atoms with Gasteiger partial charge < -0.3 is 19.8 Å². The molecule has 0 saturated carbocycles. The molecule has 2 aliphatic heterocycles. The van der Waals surface area contributed by atoms with Gasteiger partial charge in [-0.2, -0.15) is 0 Å². The fourth-order valence-electron chi connectivity index (χ4n) is 3.44. The first-order valence-corrected chi connectivity index (χ1v) is 8.18. The van der Waals surface area contributed by atoms with Gasteiger partial charge in [-0.15, -0.1) is 0 Å². The minimum Gasteiger partial charge on any atom is -0.481 e. The minimum atomic E-state index is -1.77. The Kier molecular flexibility index (Phi) is 4.84. The molecule has 1 aromatic carbocycles. The summed E-state index contributed by atoms with van der Waals surface area (Å²) < 4.78 is 5.30. The summed E-state index contributed by atoms with van der Waals surface area (Å²) in [6.45, 7) is 4.22. The third kappa shape index (κ3) is 3.15. The van der Waals surface area contributed by atoms with Gasteiger partial charge in [0.05, 0.1) is 19.6 Å². The highest BCUT2D eigenvalue weighted by Gasteiger charge is 2.49. The van der Waals surface area contributed by atoms with Crippen molar-refractivity contribution in [2.75, 3.05) is 39.4 Å². The van der Waals surface area contributed by atoms with E-state index in [1.54, 1.807) is 24.3 Å². The Morgan fingerprint density at radius 2 is 1.92 bits per heavy atom. The maximum absolute atomic E-state index is 12.6. The molecule has 0 aliphatic carbocycles. The van der Waals surface area contributed by atoms with Gasteiger partial charge in [0.2, 0.25) is 0 Å². The molecule has 130 valence electrons. The van der Waals surface area contributed by atoms with Crippen molar-refractivity contribution in [3.05, 3.63) is 35.4 Å². The van der Waals surface area contributed by atoms with Crippen LogP contribution in [0.2, 0.25) is 0 Å². The Bertz CT molecular complexity index is 629. The summed E-state index contributed by atoms with van der Waals surface area (Å²) in [4.78, 5) is 27.4. The van der Waals surface area contributed by atoms with Crippen molar-refractivity contribution in [2.45, 2.75) is 18.6 Å². The number of benzene rings is 1. The smallest absolute Gasteiger partial charge is 0.308 e. The second-order valence-electron chi connectivity index (χ2n) is 6.20. The zero-order chi connectivity index (χ0) is 17.2. The molecule has 1 aromatic rings. The molecule has 1 amide bonds. The molecule has 2 heterocycles. The monoisotopic (exact) mass is 334 g/mol. The number of rotatable bonds is 6. The molecule has 7 nitrogen and oxygen atoms in total. The maximum Gasteiger partial charge on any atom is 0.308 e. The fraction of sp³-hybridized carbons (Fsp3) is 0.529. The summed E-state index contributed by atoms with van der Waals surface area (Å²) in [5.74, 6) is -1.45. The molecule has 0 radical (unpaired) electrons. The van der Waals surface area contributed by atoms with E-state index in [0.717, 1.165) is 19.6 Å². The number of amides is 1. The van der Waals surface area contributed by atoms with E-state index in [1.165, 1.54) is 4.90 Å². The van der Waals surface area contributed by atoms with E-state index < -0.39 is 18.1 Å². The topological polar surface area (TPSA) is 90.3 Å². The van der Waals surface area contributed by atoms with Crippen molar-refractivity contribution in [2.24, 2.45) is 0 Å². The maximum atomic E-state index is 12.6. The number of carbonyl (C=O) groups excluding carboxylic acids is 1. The Labute approximate surface area is 140 Å². The highest BCUT2D eigenvalue weighted by Crippen LogP contribution is 2.39. The Balaban J connectivity index is 1.73. The number of aliphatic hydroxyl groups is 1. The molecule has 1 saturated heterocycles. The van der Waals surface area contributed by atoms with Gasteiger partial charge in [-0.1, -0.05) is 18.2 Å². The molecule has 2 aliphatic rings. The predicted molar refractivity (Wildman–Crippen MR) is 85.5 cm³/mol. The van der Waals surface area contributed by atoms with Gasteiger partial charge in [-0.05, 0) is 12.5 Å². The minimum absolute atomic E-state index is 0.309. The summed E-state index contributed by atoms with van der Waals surface area (Å²) in [6.07, 6.45) is 0.148. The van der Waals surface area contributed by atoms with Crippen LogP contribution < -0.4 is 0 Å². The van der Waals surface area contributed by atoms with Crippen molar-refractivity contribution in [1.82, 2.24) is 9.80 Å². The highest BCUT2D eigenvalue weighted by molar-refractivity contribution is 6.00. The molecule has 1 fully saturated rings. The van der Waals surface area contributed by atoms with E-state index in [0.29, 0.717) is 37.3 Å². The molecular formula is C17H22N2O5. The largest absolute Gasteiger partial charge is 0.481 e. The van der Waals surface area contributed by atoms with Crippen LogP contribution in [-0.2, 0) is 15.3 Å². The molecule has 24 heavy (non-hydrogen) atoms. The summed E-state index contributed by atoms with van der Waals surface area (Å²) in [7, 11) is 0. The second kappa shape index (κ2) is 6.88. The van der Waals surface area contributed by atoms with Gasteiger partial charge in [0.1, 0.15) is 0 Å². The lowest BCUT2D eigenvalue weighted by Gasteiger charge is -2.34. The number of carboxylic acid groups (broad SMARTS) is 1. The van der Waals surface area contributed by atoms with Crippen LogP contribution in [0.25, 0.3) is 0 Å². The molecular weight excluding hydrogens is 312 g/mol. The van der Waals surface area contributed by atoms with Gasteiger partial charge in [0.25, 0.3) is 5.91 Å². The summed E-state index contributed by atoms with van der Waals surface area (Å²) in [5, 5.41) is 20.1. The fourth-order valence-corrected chi connectivity index (χ4v) is 3.44. The van der Waals surface area contributed by atoms with Crippen LogP contribution in [0.4, 0.5) is 0 Å². The van der Waals surface area contributed by atoms with Crippen molar-refractivity contribution < 1.29 is 24.5 Å². The summed E-state index contributed by atoms with van der Waals surface area (Å²) >= 11 is 0. The van der Waals surface area contributed by atoms with Crippen molar-refractivity contribution in [3.63, 3.8) is 0 Å². The van der Waals surface area contributed by atoms with Gasteiger partial charge >= 0.3 is 5.97 Å². The summed E-state index contributed by atoms with van der Waals surface area (Å²) in [5.41, 5.74) is -1.01. The van der Waals surface area contributed by atoms with E-state index in [4.69, 9.17) is 4.74 Å². The average molecular weight is 334 g/mol. The number of hydrogen-bond acceptors (Lipinski definition) is 5. The SMILES string of the molecule is O=C(O)CC1(O)c2ccccc2C(=O)N1CCCN1CCOCC1. The average Bonchev–Trinajstić information content (AvgIpc) is 2.77. The zero-order valence-corrected chi connectivity index (χ0v) is 13.5. The quantitative estimate of drug-likeness (QED) is 0.787. The van der Waals surface area contributed by atoms with E-state index >= 15 is 0 Å². The van der Waals surface area contributed by atoms with Gasteiger partial charge in [-0.25, -0.2) is 0 Å². The summed E-state index contributed by atoms with van der Waals surface area (Å²) in [6, 6.07) is 6.68. The Morgan fingerprint density at radius 1 is 1.21 bits per heavy atom. The number of hydrogen-bond donors (Lipinski definition) is 2. The third-order valence-electron chi connectivity index (χ3n) is 4.64. The standard InChI is InChI=1S/C17H22N2O5/c20-15(21)12-17(23)14-5-2-1-4-13(14)16(22)19(17)7-3-6-18-8-10-24-11-9-18/h1-2,4-5,23H,3,6-12H2,(H,20,21). The first kappa shape index (κ1) is 16.9. The van der Waals surface area contributed by atoms with Crippen molar-refractivity contribution >= 4 is 11.9 Å². The predicted octanol–water partition coefficient (Wildman–Crippen LogP) is 0.485. The number of carbonyl (C=O) groups is 2.